The number of aryl methyl sites for hydroxylation is 1. The molecule has 1 aliphatic heterocycles. The number of Topliss-reactive ketones (excluding diaryl/α,β-unsaturated/α-hetero) is 1. The van der Waals surface area contributed by atoms with Crippen molar-refractivity contribution < 1.29 is 9.53 Å². The van der Waals surface area contributed by atoms with Crippen molar-refractivity contribution >= 4 is 11.5 Å². The van der Waals surface area contributed by atoms with Crippen molar-refractivity contribution in [2.45, 2.75) is 19.8 Å². The molecule has 1 aliphatic rings. The van der Waals surface area contributed by atoms with Crippen LogP contribution in [0.1, 0.15) is 29.3 Å². The Kier molecular flexibility index (Phi) is 2.15. The van der Waals surface area contributed by atoms with Gasteiger partial charge in [0.05, 0.1) is 17.9 Å². The van der Waals surface area contributed by atoms with E-state index in [0.717, 1.165) is 12.0 Å². The molecule has 0 spiro atoms. The van der Waals surface area contributed by atoms with Gasteiger partial charge in [0.1, 0.15) is 0 Å². The smallest absolute Gasteiger partial charge is 0.170 e. The molecule has 2 rings (SSSR count). The number of hydrogen-bond donors (Lipinski definition) is 1. The maximum Gasteiger partial charge on any atom is 0.170 e. The first-order valence-corrected chi connectivity index (χ1v) is 4.80. The summed E-state index contributed by atoms with van der Waals surface area (Å²) in [7, 11) is 0. The van der Waals surface area contributed by atoms with Crippen LogP contribution in [0.3, 0.4) is 0 Å². The number of rotatable bonds is 1. The normalized spacial score (nSPS) is 14.8. The van der Waals surface area contributed by atoms with Crippen molar-refractivity contribution in [2.75, 3.05) is 12.3 Å². The number of benzene rings is 1. The van der Waals surface area contributed by atoms with Crippen molar-refractivity contribution in [1.82, 2.24) is 0 Å². The van der Waals surface area contributed by atoms with Gasteiger partial charge in [0.15, 0.2) is 11.5 Å². The summed E-state index contributed by atoms with van der Waals surface area (Å²) in [6.07, 6.45) is 1.34. The van der Waals surface area contributed by atoms with E-state index in [2.05, 4.69) is 0 Å². The molecule has 1 aromatic carbocycles. The highest BCUT2D eigenvalue weighted by atomic mass is 16.5. The Morgan fingerprint density at radius 2 is 2.29 bits per heavy atom. The third-order valence-electron chi connectivity index (χ3n) is 2.46. The van der Waals surface area contributed by atoms with Crippen molar-refractivity contribution in [3.05, 3.63) is 23.3 Å². The van der Waals surface area contributed by atoms with Crippen LogP contribution < -0.4 is 10.5 Å². The van der Waals surface area contributed by atoms with Gasteiger partial charge in [-0.1, -0.05) is 6.92 Å². The van der Waals surface area contributed by atoms with Gasteiger partial charge < -0.3 is 10.5 Å². The van der Waals surface area contributed by atoms with Gasteiger partial charge in [0.25, 0.3) is 0 Å². The number of carbonyl (C=O) groups excluding carboxylic acids is 1. The SMILES string of the molecule is CCc1cc(N)c2c(c1)C(=O)CCO2. The summed E-state index contributed by atoms with van der Waals surface area (Å²) in [5, 5.41) is 0. The van der Waals surface area contributed by atoms with Crippen molar-refractivity contribution in [2.24, 2.45) is 0 Å². The van der Waals surface area contributed by atoms with E-state index in [1.165, 1.54) is 0 Å². The van der Waals surface area contributed by atoms with Crippen LogP contribution in [0.25, 0.3) is 0 Å². The minimum Gasteiger partial charge on any atom is -0.490 e. The summed E-state index contributed by atoms with van der Waals surface area (Å²) >= 11 is 0. The van der Waals surface area contributed by atoms with E-state index in [-0.39, 0.29) is 5.78 Å². The van der Waals surface area contributed by atoms with Gasteiger partial charge in [0.2, 0.25) is 0 Å². The lowest BCUT2D eigenvalue weighted by atomic mass is 10.00. The maximum absolute atomic E-state index is 11.6. The van der Waals surface area contributed by atoms with Crippen LogP contribution in [0.15, 0.2) is 12.1 Å². The minimum absolute atomic E-state index is 0.133. The summed E-state index contributed by atoms with van der Waals surface area (Å²) in [6.45, 7) is 2.48. The number of ether oxygens (including phenoxy) is 1. The van der Waals surface area contributed by atoms with Gasteiger partial charge in [0, 0.05) is 6.42 Å². The molecule has 0 atom stereocenters. The van der Waals surface area contributed by atoms with Crippen LogP contribution in [-0.4, -0.2) is 12.4 Å². The van der Waals surface area contributed by atoms with E-state index in [4.69, 9.17) is 10.5 Å². The molecule has 0 bridgehead atoms. The highest BCUT2D eigenvalue weighted by Gasteiger charge is 2.20. The number of anilines is 1. The van der Waals surface area contributed by atoms with Crippen LogP contribution in [0, 0.1) is 0 Å². The molecule has 1 aromatic rings. The number of nitrogen functional groups attached to an aromatic ring is 1. The van der Waals surface area contributed by atoms with Crippen LogP contribution in [0.2, 0.25) is 0 Å². The van der Waals surface area contributed by atoms with Crippen LogP contribution >= 0.6 is 0 Å². The van der Waals surface area contributed by atoms with E-state index in [9.17, 15) is 4.79 Å². The lowest BCUT2D eigenvalue weighted by molar-refractivity contribution is 0.0934. The maximum atomic E-state index is 11.6. The summed E-state index contributed by atoms with van der Waals surface area (Å²) in [6, 6.07) is 3.75. The fourth-order valence-corrected chi connectivity index (χ4v) is 1.67. The zero-order valence-corrected chi connectivity index (χ0v) is 8.17. The molecular weight excluding hydrogens is 178 g/mol. The first kappa shape index (κ1) is 9.06. The minimum atomic E-state index is 0.133. The Bertz CT molecular complexity index is 385. The number of nitrogens with two attached hydrogens (primary N) is 1. The molecule has 3 nitrogen and oxygen atoms in total. The van der Waals surface area contributed by atoms with Crippen LogP contribution in [-0.2, 0) is 6.42 Å². The van der Waals surface area contributed by atoms with Gasteiger partial charge in [-0.15, -0.1) is 0 Å². The number of carbonyl (C=O) groups is 1. The van der Waals surface area contributed by atoms with Gasteiger partial charge in [-0.25, -0.2) is 0 Å². The Labute approximate surface area is 82.9 Å². The standard InChI is InChI=1S/C11H13NO2/c1-2-7-5-8-10(13)3-4-14-11(8)9(12)6-7/h5-6H,2-4,12H2,1H3. The molecule has 0 amide bonds. The molecule has 1 heterocycles. The molecule has 0 aromatic heterocycles. The Morgan fingerprint density at radius 3 is 3.00 bits per heavy atom. The molecule has 14 heavy (non-hydrogen) atoms. The molecule has 74 valence electrons. The lowest BCUT2D eigenvalue weighted by Crippen LogP contribution is -2.17. The second-order valence-corrected chi connectivity index (χ2v) is 3.44. The van der Waals surface area contributed by atoms with Gasteiger partial charge >= 0.3 is 0 Å². The molecule has 3 heteroatoms. The second-order valence-electron chi connectivity index (χ2n) is 3.44. The summed E-state index contributed by atoms with van der Waals surface area (Å²) in [5.74, 6) is 0.701. The van der Waals surface area contributed by atoms with Crippen LogP contribution in [0.5, 0.6) is 5.75 Å². The molecule has 0 aliphatic carbocycles. The Hall–Kier alpha value is -1.51. The molecule has 0 saturated heterocycles. The first-order chi connectivity index (χ1) is 6.72. The molecule has 0 saturated carbocycles. The van der Waals surface area contributed by atoms with Gasteiger partial charge in [-0.3, -0.25) is 4.79 Å². The molecule has 0 unspecified atom stereocenters. The predicted molar refractivity (Wildman–Crippen MR) is 54.7 cm³/mol. The second kappa shape index (κ2) is 3.33. The van der Waals surface area contributed by atoms with Crippen molar-refractivity contribution in [1.29, 1.82) is 0 Å². The van der Waals surface area contributed by atoms with E-state index in [1.54, 1.807) is 0 Å². The summed E-state index contributed by atoms with van der Waals surface area (Å²) in [5.41, 5.74) is 8.11. The fraction of sp³-hybridized carbons (Fsp3) is 0.364. The van der Waals surface area contributed by atoms with Crippen molar-refractivity contribution in [3.8, 4) is 5.75 Å². The highest BCUT2D eigenvalue weighted by Crippen LogP contribution is 2.32. The summed E-state index contributed by atoms with van der Waals surface area (Å²) < 4.78 is 5.38. The Balaban J connectivity index is 2.57. The number of ketones is 1. The third-order valence-corrected chi connectivity index (χ3v) is 2.46. The van der Waals surface area contributed by atoms with E-state index in [0.29, 0.717) is 30.0 Å². The van der Waals surface area contributed by atoms with Crippen LogP contribution in [0.4, 0.5) is 5.69 Å². The van der Waals surface area contributed by atoms with Crippen molar-refractivity contribution in [3.63, 3.8) is 0 Å². The number of hydrogen-bond acceptors (Lipinski definition) is 3. The quantitative estimate of drug-likeness (QED) is 0.688. The first-order valence-electron chi connectivity index (χ1n) is 4.80. The average Bonchev–Trinajstić information content (AvgIpc) is 2.19. The largest absolute Gasteiger partial charge is 0.490 e. The van der Waals surface area contributed by atoms with Gasteiger partial charge in [-0.05, 0) is 24.1 Å². The molecule has 0 fully saturated rings. The zero-order valence-electron chi connectivity index (χ0n) is 8.17. The molecular formula is C11H13NO2. The number of fused-ring (bicyclic) bond motifs is 1. The van der Waals surface area contributed by atoms with Gasteiger partial charge in [-0.2, -0.15) is 0 Å². The molecule has 0 radical (unpaired) electrons. The predicted octanol–water partition coefficient (Wildman–Crippen LogP) is 1.80. The average molecular weight is 191 g/mol. The highest BCUT2D eigenvalue weighted by molar-refractivity contribution is 6.01. The molecule has 2 N–H and O–H groups in total. The van der Waals surface area contributed by atoms with E-state index < -0.39 is 0 Å². The third kappa shape index (κ3) is 1.35. The van der Waals surface area contributed by atoms with E-state index >= 15 is 0 Å². The topological polar surface area (TPSA) is 52.3 Å². The fourth-order valence-electron chi connectivity index (χ4n) is 1.67. The van der Waals surface area contributed by atoms with E-state index in [1.807, 2.05) is 19.1 Å². The zero-order chi connectivity index (χ0) is 10.1. The monoisotopic (exact) mass is 191 g/mol. The Morgan fingerprint density at radius 1 is 1.50 bits per heavy atom. The summed E-state index contributed by atoms with van der Waals surface area (Å²) in [4.78, 5) is 11.6. The lowest BCUT2D eigenvalue weighted by Gasteiger charge is -2.18.